The molecule has 7 nitrogen and oxygen atoms in total. The number of hydrogen-bond donors (Lipinski definition) is 0. The number of amides is 1. The Labute approximate surface area is 150 Å². The van der Waals surface area contributed by atoms with E-state index in [1.807, 2.05) is 16.8 Å². The Morgan fingerprint density at radius 2 is 2.24 bits per heavy atom. The number of thiophene rings is 1. The predicted molar refractivity (Wildman–Crippen MR) is 91.9 cm³/mol. The normalized spacial score (nSPS) is 13.6. The van der Waals surface area contributed by atoms with Crippen LogP contribution in [-0.2, 0) is 20.7 Å². The van der Waals surface area contributed by atoms with E-state index in [1.54, 1.807) is 23.2 Å². The second-order valence-corrected chi connectivity index (χ2v) is 6.82. The molecule has 2 aromatic heterocycles. The monoisotopic (exact) mass is 363 g/mol. The first-order chi connectivity index (χ1) is 12.2. The predicted octanol–water partition coefficient (Wildman–Crippen LogP) is 2.53. The zero-order valence-electron chi connectivity index (χ0n) is 14.1. The van der Waals surface area contributed by atoms with Gasteiger partial charge in [0.25, 0.3) is 0 Å². The number of ether oxygens (including phenoxy) is 1. The van der Waals surface area contributed by atoms with Crippen LogP contribution in [0.3, 0.4) is 0 Å². The van der Waals surface area contributed by atoms with Gasteiger partial charge in [0.15, 0.2) is 0 Å². The van der Waals surface area contributed by atoms with Crippen molar-refractivity contribution in [3.8, 4) is 11.5 Å². The van der Waals surface area contributed by atoms with Crippen LogP contribution in [0.1, 0.15) is 32.1 Å². The fraction of sp³-hybridized carbons (Fsp3) is 0.529. The third kappa shape index (κ3) is 5.12. The van der Waals surface area contributed by atoms with Crippen molar-refractivity contribution in [2.45, 2.75) is 32.6 Å². The van der Waals surface area contributed by atoms with Gasteiger partial charge in [-0.2, -0.15) is 11.3 Å². The zero-order chi connectivity index (χ0) is 17.6. The summed E-state index contributed by atoms with van der Waals surface area (Å²) < 4.78 is 10.6. The van der Waals surface area contributed by atoms with Gasteiger partial charge in [0.05, 0.1) is 6.61 Å². The Morgan fingerprint density at radius 3 is 2.92 bits per heavy atom. The molecule has 134 valence electrons. The van der Waals surface area contributed by atoms with Gasteiger partial charge in [0.1, 0.15) is 6.54 Å². The highest BCUT2D eigenvalue weighted by molar-refractivity contribution is 7.08. The number of carbonyl (C=O) groups excluding carboxylic acids is 2. The van der Waals surface area contributed by atoms with Gasteiger partial charge in [-0.1, -0.05) is 0 Å². The maximum atomic E-state index is 12.5. The number of esters is 1. The first kappa shape index (κ1) is 17.6. The summed E-state index contributed by atoms with van der Waals surface area (Å²) in [6.45, 7) is 2.69. The minimum Gasteiger partial charge on any atom is -0.465 e. The van der Waals surface area contributed by atoms with Crippen LogP contribution in [-0.4, -0.2) is 46.7 Å². The number of nitrogens with zero attached hydrogens (tertiary/aromatic N) is 3. The van der Waals surface area contributed by atoms with Crippen LogP contribution >= 0.6 is 11.3 Å². The number of aryl methyl sites for hydroxylation is 1. The minimum absolute atomic E-state index is 0.00710. The van der Waals surface area contributed by atoms with Crippen LogP contribution < -0.4 is 0 Å². The molecule has 25 heavy (non-hydrogen) atoms. The summed E-state index contributed by atoms with van der Waals surface area (Å²) in [5.41, 5.74) is 0.882. The Balaban J connectivity index is 1.54. The highest BCUT2D eigenvalue weighted by atomic mass is 32.1. The summed E-state index contributed by atoms with van der Waals surface area (Å²) in [7, 11) is 0. The van der Waals surface area contributed by atoms with E-state index < -0.39 is 0 Å². The van der Waals surface area contributed by atoms with E-state index in [0.717, 1.165) is 18.4 Å². The van der Waals surface area contributed by atoms with E-state index >= 15 is 0 Å². The molecule has 0 N–H and O–H groups in total. The van der Waals surface area contributed by atoms with Crippen molar-refractivity contribution < 1.29 is 18.7 Å². The van der Waals surface area contributed by atoms with E-state index in [2.05, 4.69) is 10.2 Å². The smallest absolute Gasteiger partial charge is 0.325 e. The van der Waals surface area contributed by atoms with Crippen molar-refractivity contribution in [2.75, 3.05) is 19.7 Å². The van der Waals surface area contributed by atoms with Crippen molar-refractivity contribution in [1.82, 2.24) is 15.1 Å². The maximum absolute atomic E-state index is 12.5. The standard InChI is InChI=1S/C17H21N3O4S/c1-2-23-16(22)10-20(9-12-3-4-12)15(21)6-5-14-18-19-17(24-14)13-7-8-25-11-13/h7-8,11-12H,2-6,9-10H2,1H3. The number of hydrogen-bond acceptors (Lipinski definition) is 7. The highest BCUT2D eigenvalue weighted by Gasteiger charge is 2.28. The quantitative estimate of drug-likeness (QED) is 0.637. The van der Waals surface area contributed by atoms with Gasteiger partial charge in [-0.15, -0.1) is 10.2 Å². The van der Waals surface area contributed by atoms with Gasteiger partial charge in [-0.05, 0) is 37.1 Å². The van der Waals surface area contributed by atoms with Crippen molar-refractivity contribution >= 4 is 23.2 Å². The van der Waals surface area contributed by atoms with E-state index in [9.17, 15) is 9.59 Å². The minimum atomic E-state index is -0.367. The molecular formula is C17H21N3O4S. The van der Waals surface area contributed by atoms with Crippen LogP contribution in [0.5, 0.6) is 0 Å². The molecule has 1 aliphatic rings. The Morgan fingerprint density at radius 1 is 1.40 bits per heavy atom. The highest BCUT2D eigenvalue weighted by Crippen LogP contribution is 2.30. The van der Waals surface area contributed by atoms with Crippen LogP contribution in [0.25, 0.3) is 11.5 Å². The Bertz CT molecular complexity index is 709. The van der Waals surface area contributed by atoms with Crippen LogP contribution in [0.4, 0.5) is 0 Å². The van der Waals surface area contributed by atoms with E-state index in [-0.39, 0.29) is 24.8 Å². The lowest BCUT2D eigenvalue weighted by molar-refractivity contribution is -0.149. The van der Waals surface area contributed by atoms with Gasteiger partial charge in [0, 0.05) is 30.3 Å². The van der Waals surface area contributed by atoms with Crippen molar-refractivity contribution in [2.24, 2.45) is 5.92 Å². The lowest BCUT2D eigenvalue weighted by Crippen LogP contribution is -2.38. The average molecular weight is 363 g/mol. The first-order valence-corrected chi connectivity index (χ1v) is 9.38. The van der Waals surface area contributed by atoms with Gasteiger partial charge < -0.3 is 14.1 Å². The molecule has 1 amide bonds. The van der Waals surface area contributed by atoms with E-state index in [1.165, 1.54) is 0 Å². The average Bonchev–Trinajstić information content (AvgIpc) is 3.07. The molecule has 2 aromatic rings. The molecule has 1 saturated carbocycles. The molecule has 1 fully saturated rings. The number of rotatable bonds is 9. The molecule has 0 bridgehead atoms. The molecule has 0 aliphatic heterocycles. The van der Waals surface area contributed by atoms with Gasteiger partial charge in [0.2, 0.25) is 17.7 Å². The van der Waals surface area contributed by atoms with Crippen molar-refractivity contribution in [3.63, 3.8) is 0 Å². The third-order valence-electron chi connectivity index (χ3n) is 3.94. The topological polar surface area (TPSA) is 85.5 Å². The first-order valence-electron chi connectivity index (χ1n) is 8.44. The van der Waals surface area contributed by atoms with E-state index in [4.69, 9.17) is 9.15 Å². The van der Waals surface area contributed by atoms with Crippen LogP contribution in [0.2, 0.25) is 0 Å². The largest absolute Gasteiger partial charge is 0.465 e. The Kier molecular flexibility index (Phi) is 5.80. The summed E-state index contributed by atoms with van der Waals surface area (Å²) in [5.74, 6) is 0.943. The SMILES string of the molecule is CCOC(=O)CN(CC1CC1)C(=O)CCc1nnc(-c2ccsc2)o1. The summed E-state index contributed by atoms with van der Waals surface area (Å²) in [6.07, 6.45) is 2.82. The fourth-order valence-electron chi connectivity index (χ4n) is 2.46. The molecule has 0 saturated heterocycles. The van der Waals surface area contributed by atoms with Gasteiger partial charge >= 0.3 is 5.97 Å². The van der Waals surface area contributed by atoms with Crippen molar-refractivity contribution in [1.29, 1.82) is 0 Å². The fourth-order valence-corrected chi connectivity index (χ4v) is 3.09. The van der Waals surface area contributed by atoms with Crippen molar-refractivity contribution in [3.05, 3.63) is 22.7 Å². The lowest BCUT2D eigenvalue weighted by atomic mass is 10.2. The Hall–Kier alpha value is -2.22. The van der Waals surface area contributed by atoms with Crippen LogP contribution in [0.15, 0.2) is 21.2 Å². The second kappa shape index (κ2) is 8.24. The van der Waals surface area contributed by atoms with Crippen LogP contribution in [0, 0.1) is 5.92 Å². The molecule has 0 unspecified atom stereocenters. The third-order valence-corrected chi connectivity index (χ3v) is 4.62. The van der Waals surface area contributed by atoms with Gasteiger partial charge in [-0.25, -0.2) is 0 Å². The molecule has 0 radical (unpaired) electrons. The molecule has 3 rings (SSSR count). The molecule has 0 spiro atoms. The lowest BCUT2D eigenvalue weighted by Gasteiger charge is -2.21. The summed E-state index contributed by atoms with van der Waals surface area (Å²) in [6, 6.07) is 1.91. The van der Waals surface area contributed by atoms with Gasteiger partial charge in [-0.3, -0.25) is 9.59 Å². The maximum Gasteiger partial charge on any atom is 0.325 e. The summed E-state index contributed by atoms with van der Waals surface area (Å²) in [4.78, 5) is 25.8. The molecule has 1 aliphatic carbocycles. The molecule has 0 atom stereocenters. The number of aromatic nitrogens is 2. The zero-order valence-corrected chi connectivity index (χ0v) is 15.0. The molecule has 8 heteroatoms. The summed E-state index contributed by atoms with van der Waals surface area (Å²) >= 11 is 1.55. The molecule has 0 aromatic carbocycles. The molecule has 2 heterocycles. The molecular weight excluding hydrogens is 342 g/mol. The number of carbonyl (C=O) groups is 2. The second-order valence-electron chi connectivity index (χ2n) is 6.04. The summed E-state index contributed by atoms with van der Waals surface area (Å²) in [5, 5.41) is 11.9. The van der Waals surface area contributed by atoms with E-state index in [0.29, 0.717) is 37.3 Å².